The molecule has 1 unspecified atom stereocenters. The molecule has 4 aromatic rings. The molecule has 10 nitrogen and oxygen atoms in total. The van der Waals surface area contributed by atoms with Gasteiger partial charge in [-0.1, -0.05) is 53.5 Å². The minimum absolute atomic E-state index is 0.0371. The molecular formula is C46H58F2N4O6Si. The van der Waals surface area contributed by atoms with Crippen molar-refractivity contribution in [3.8, 4) is 34.5 Å². The summed E-state index contributed by atoms with van der Waals surface area (Å²) in [6.07, 6.45) is 4.97. The Hall–Kier alpha value is -4.67. The fourth-order valence-electron chi connectivity index (χ4n) is 8.70. The summed E-state index contributed by atoms with van der Waals surface area (Å²) < 4.78 is 56.8. The molecule has 59 heavy (non-hydrogen) atoms. The minimum Gasteiger partial charge on any atom is -0.468 e. The Bertz CT molecular complexity index is 2290. The van der Waals surface area contributed by atoms with E-state index in [1.54, 1.807) is 18.2 Å². The zero-order valence-electron chi connectivity index (χ0n) is 36.3. The van der Waals surface area contributed by atoms with Gasteiger partial charge in [-0.05, 0) is 93.6 Å². The lowest BCUT2D eigenvalue weighted by Gasteiger charge is -2.40. The van der Waals surface area contributed by atoms with E-state index < -0.39 is 36.1 Å². The number of nitrogens with zero attached hydrogens (tertiary/aromatic N) is 4. The van der Waals surface area contributed by atoms with Gasteiger partial charge in [0.2, 0.25) is 0 Å². The molecule has 0 radical (unpaired) electrons. The Morgan fingerprint density at radius 3 is 2.32 bits per heavy atom. The van der Waals surface area contributed by atoms with Gasteiger partial charge in [0.15, 0.2) is 12.6 Å². The van der Waals surface area contributed by atoms with Crippen molar-refractivity contribution in [3.05, 3.63) is 47.7 Å². The maximum Gasteiger partial charge on any atom is 0.319 e. The summed E-state index contributed by atoms with van der Waals surface area (Å²) in [5.74, 6) is 2.36. The first-order valence-electron chi connectivity index (χ1n) is 20.6. The molecule has 3 heterocycles. The molecule has 2 aliphatic rings. The van der Waals surface area contributed by atoms with Crippen LogP contribution < -0.4 is 14.4 Å². The Morgan fingerprint density at radius 2 is 1.71 bits per heavy atom. The third kappa shape index (κ3) is 8.80. The maximum atomic E-state index is 17.6. The van der Waals surface area contributed by atoms with Crippen LogP contribution in [0.15, 0.2) is 30.5 Å². The number of halogens is 2. The number of methoxy groups -OCH3 is 1. The van der Waals surface area contributed by atoms with Gasteiger partial charge >= 0.3 is 12.0 Å². The van der Waals surface area contributed by atoms with Crippen molar-refractivity contribution in [1.29, 1.82) is 0 Å². The van der Waals surface area contributed by atoms with E-state index >= 15 is 8.78 Å². The second-order valence-electron chi connectivity index (χ2n) is 18.6. The molecular weight excluding hydrogens is 771 g/mol. The highest BCUT2D eigenvalue weighted by Crippen LogP contribution is 2.45. The highest BCUT2D eigenvalue weighted by atomic mass is 28.3. The number of hydrogen-bond acceptors (Lipinski definition) is 10. The van der Waals surface area contributed by atoms with E-state index in [1.165, 1.54) is 19.4 Å². The summed E-state index contributed by atoms with van der Waals surface area (Å²) in [6.45, 7) is 21.2. The molecule has 0 N–H and O–H groups in total. The Morgan fingerprint density at radius 1 is 1.02 bits per heavy atom. The summed E-state index contributed by atoms with van der Waals surface area (Å²) in [6, 6.07) is 6.27. The Balaban J connectivity index is 1.58. The molecule has 2 aromatic heterocycles. The van der Waals surface area contributed by atoms with Crippen LogP contribution >= 0.6 is 0 Å². The number of hydrogen-bond donors (Lipinski definition) is 0. The SMILES string of the molecule is COCOc1cc(-c2ncc3c(N4CCCC(C)(C(=O)OC(C)(C)C)C4)nc(OCC4(C=O)CC4)nc3c2F)c2c(C#C[Si](C(C)C)(C(C)C)C(C)C)c(F)ccc2c1. The lowest BCUT2D eigenvalue weighted by molar-refractivity contribution is -0.167. The van der Waals surface area contributed by atoms with Crippen molar-refractivity contribution in [1.82, 2.24) is 15.0 Å². The zero-order valence-corrected chi connectivity index (χ0v) is 37.3. The number of rotatable bonds is 13. The van der Waals surface area contributed by atoms with Crippen molar-refractivity contribution >= 4 is 47.8 Å². The second kappa shape index (κ2) is 16.8. The number of ether oxygens (including phenoxy) is 4. The summed E-state index contributed by atoms with van der Waals surface area (Å²) in [4.78, 5) is 41.4. The normalized spacial score (nSPS) is 18.0. The maximum absolute atomic E-state index is 17.6. The summed E-state index contributed by atoms with van der Waals surface area (Å²) in [5.41, 5.74) is 2.59. The van der Waals surface area contributed by atoms with Crippen LogP contribution in [-0.4, -0.2) is 74.5 Å². The van der Waals surface area contributed by atoms with Crippen LogP contribution in [-0.2, 0) is 19.1 Å². The molecule has 1 atom stereocenters. The summed E-state index contributed by atoms with van der Waals surface area (Å²) in [7, 11) is -0.817. The number of anilines is 1. The lowest BCUT2D eigenvalue weighted by Crippen LogP contribution is -2.48. The van der Waals surface area contributed by atoms with Gasteiger partial charge in [0.25, 0.3) is 0 Å². The minimum atomic E-state index is -2.32. The van der Waals surface area contributed by atoms with Crippen LogP contribution in [0.5, 0.6) is 11.8 Å². The quantitative estimate of drug-likeness (QED) is 0.0424. The fourth-order valence-corrected chi connectivity index (χ4v) is 13.9. The van der Waals surface area contributed by atoms with E-state index in [0.29, 0.717) is 76.6 Å². The first-order chi connectivity index (χ1) is 27.8. The molecule has 2 aromatic carbocycles. The lowest BCUT2D eigenvalue weighted by atomic mass is 9.81. The van der Waals surface area contributed by atoms with E-state index in [1.807, 2.05) is 32.6 Å². The van der Waals surface area contributed by atoms with Crippen LogP contribution in [0.3, 0.4) is 0 Å². The van der Waals surface area contributed by atoms with Gasteiger partial charge in [0.05, 0.1) is 21.8 Å². The standard InChI is InChI=1S/C46H58F2N4O6Si/c1-28(2)59(29(3)4,30(5)6)20-15-33-36(47)14-13-31-21-32(57-27-55-11)22-34(37(31)33)39-38(48)40-35(23-49-39)41(51-43(50-40)56-26-46(25-53)17-18-46)52-19-12-16-45(10,24-52)42(54)58-44(7,8)9/h13-14,21-23,25,28-30H,12,16-19,24,26-27H2,1-11H3. The predicted molar refractivity (Wildman–Crippen MR) is 229 cm³/mol. The number of esters is 1. The summed E-state index contributed by atoms with van der Waals surface area (Å²) >= 11 is 0. The average Bonchev–Trinajstić information content (AvgIpc) is 3.96. The van der Waals surface area contributed by atoms with Crippen molar-refractivity contribution in [2.45, 2.75) is 117 Å². The number of aldehydes is 1. The van der Waals surface area contributed by atoms with E-state index in [4.69, 9.17) is 28.9 Å². The third-order valence-corrected chi connectivity index (χ3v) is 18.4. The fraction of sp³-hybridized carbons (Fsp3) is 0.543. The number of carbonyl (C=O) groups excluding carboxylic acids is 2. The number of benzene rings is 2. The highest BCUT2D eigenvalue weighted by Gasteiger charge is 2.45. The topological polar surface area (TPSA) is 113 Å². The molecule has 13 heteroatoms. The highest BCUT2D eigenvalue weighted by molar-refractivity contribution is 6.90. The largest absolute Gasteiger partial charge is 0.468 e. The first kappa shape index (κ1) is 43.9. The van der Waals surface area contributed by atoms with Gasteiger partial charge in [0, 0.05) is 37.3 Å². The van der Waals surface area contributed by atoms with Gasteiger partial charge in [-0.15, -0.1) is 5.54 Å². The zero-order chi connectivity index (χ0) is 43.1. The van der Waals surface area contributed by atoms with Gasteiger partial charge < -0.3 is 28.6 Å². The van der Waals surface area contributed by atoms with Gasteiger partial charge in [-0.25, -0.2) is 8.78 Å². The van der Waals surface area contributed by atoms with Crippen LogP contribution in [0.25, 0.3) is 32.9 Å². The van der Waals surface area contributed by atoms with Crippen molar-refractivity contribution in [3.63, 3.8) is 0 Å². The smallest absolute Gasteiger partial charge is 0.319 e. The number of fused-ring (bicyclic) bond motifs is 2. The molecule has 0 bridgehead atoms. The van der Waals surface area contributed by atoms with Crippen molar-refractivity contribution < 1.29 is 37.3 Å². The van der Waals surface area contributed by atoms with Crippen LogP contribution in [0.2, 0.25) is 16.6 Å². The van der Waals surface area contributed by atoms with E-state index in [0.717, 1.165) is 6.29 Å². The molecule has 1 aliphatic heterocycles. The third-order valence-electron chi connectivity index (χ3n) is 12.1. The first-order valence-corrected chi connectivity index (χ1v) is 22.9. The van der Waals surface area contributed by atoms with Crippen molar-refractivity contribution in [2.24, 2.45) is 10.8 Å². The molecule has 2 fully saturated rings. The van der Waals surface area contributed by atoms with E-state index in [-0.39, 0.29) is 54.3 Å². The number of piperidine rings is 1. The van der Waals surface area contributed by atoms with Gasteiger partial charge in [0.1, 0.15) is 55.2 Å². The molecule has 1 saturated carbocycles. The summed E-state index contributed by atoms with van der Waals surface area (Å²) in [5, 5.41) is 1.27. The molecule has 6 rings (SSSR count). The molecule has 1 aliphatic carbocycles. The van der Waals surface area contributed by atoms with Gasteiger partial charge in [-0.2, -0.15) is 9.97 Å². The average molecular weight is 829 g/mol. The Kier molecular flexibility index (Phi) is 12.5. The van der Waals surface area contributed by atoms with Crippen LogP contribution in [0, 0.1) is 33.9 Å². The van der Waals surface area contributed by atoms with Crippen molar-refractivity contribution in [2.75, 3.05) is 38.5 Å². The predicted octanol–water partition coefficient (Wildman–Crippen LogP) is 9.98. The molecule has 0 spiro atoms. The number of pyridine rings is 1. The molecule has 0 amide bonds. The molecule has 1 saturated heterocycles. The van der Waals surface area contributed by atoms with Gasteiger partial charge in [-0.3, -0.25) is 9.78 Å². The second-order valence-corrected chi connectivity index (χ2v) is 24.1. The van der Waals surface area contributed by atoms with Crippen LogP contribution in [0.4, 0.5) is 14.6 Å². The number of aromatic nitrogens is 3. The van der Waals surface area contributed by atoms with E-state index in [9.17, 15) is 9.59 Å². The monoisotopic (exact) mass is 828 g/mol. The van der Waals surface area contributed by atoms with Crippen LogP contribution in [0.1, 0.15) is 100 Å². The molecule has 316 valence electrons. The Labute approximate surface area is 347 Å². The van der Waals surface area contributed by atoms with E-state index in [2.05, 4.69) is 58.0 Å². The number of carbonyl (C=O) groups is 2.